The zero-order chi connectivity index (χ0) is 11.4. The van der Waals surface area contributed by atoms with Crippen LogP contribution in [-0.2, 0) is 0 Å². The summed E-state index contributed by atoms with van der Waals surface area (Å²) in [5, 5.41) is 0. The largest absolute Gasteiger partial charge is 0.330 e. The Morgan fingerprint density at radius 1 is 1.40 bits per heavy atom. The summed E-state index contributed by atoms with van der Waals surface area (Å²) in [6, 6.07) is 3.62. The molecule has 0 fully saturated rings. The predicted octanol–water partition coefficient (Wildman–Crippen LogP) is 2.63. The van der Waals surface area contributed by atoms with E-state index in [0.717, 1.165) is 5.69 Å². The Hall–Kier alpha value is -0.960. The van der Waals surface area contributed by atoms with E-state index in [1.54, 1.807) is 12.3 Å². The van der Waals surface area contributed by atoms with E-state index in [-0.39, 0.29) is 11.8 Å². The van der Waals surface area contributed by atoms with Crippen molar-refractivity contribution in [1.29, 1.82) is 0 Å². The zero-order valence-electron chi connectivity index (χ0n) is 9.57. The highest BCUT2D eigenvalue weighted by atomic mass is 19.1. The van der Waals surface area contributed by atoms with Gasteiger partial charge in [0, 0.05) is 23.4 Å². The lowest BCUT2D eigenvalue weighted by molar-refractivity contribution is 0.188. The lowest BCUT2D eigenvalue weighted by Gasteiger charge is -2.23. The molecule has 3 heteroatoms. The molecule has 2 unspecified atom stereocenters. The number of halogens is 1. The number of nitrogens with zero attached hydrogens (tertiary/aromatic N) is 1. The molecule has 0 aliphatic carbocycles. The van der Waals surface area contributed by atoms with Crippen LogP contribution >= 0.6 is 0 Å². The van der Waals surface area contributed by atoms with Crippen LogP contribution < -0.4 is 5.73 Å². The molecule has 2 atom stereocenters. The maximum atomic E-state index is 14.1. The van der Waals surface area contributed by atoms with E-state index in [1.165, 1.54) is 0 Å². The zero-order valence-corrected chi connectivity index (χ0v) is 9.57. The molecule has 0 aromatic carbocycles. The second-order valence-electron chi connectivity index (χ2n) is 4.28. The first kappa shape index (κ1) is 12.1. The molecule has 0 aliphatic heterocycles. The quantitative estimate of drug-likeness (QED) is 0.829. The molecular formula is C12H19FN2. The summed E-state index contributed by atoms with van der Waals surface area (Å²) in [5.74, 6) is 0.112. The normalized spacial score (nSPS) is 15.3. The highest BCUT2D eigenvalue weighted by Gasteiger charge is 2.24. The molecule has 0 spiro atoms. The van der Waals surface area contributed by atoms with Crippen molar-refractivity contribution in [2.24, 2.45) is 17.6 Å². The first-order valence-corrected chi connectivity index (χ1v) is 5.33. The van der Waals surface area contributed by atoms with Crippen LogP contribution in [-0.4, -0.2) is 11.5 Å². The fourth-order valence-electron chi connectivity index (χ4n) is 1.62. The first-order valence-electron chi connectivity index (χ1n) is 5.33. The molecule has 0 saturated carbocycles. The van der Waals surface area contributed by atoms with Crippen LogP contribution in [0.2, 0.25) is 0 Å². The Kier molecular flexibility index (Phi) is 4.21. The van der Waals surface area contributed by atoms with Gasteiger partial charge in [-0.25, -0.2) is 4.39 Å². The number of rotatable bonds is 4. The lowest BCUT2D eigenvalue weighted by atomic mass is 9.88. The molecule has 2 nitrogen and oxygen atoms in total. The summed E-state index contributed by atoms with van der Waals surface area (Å²) in [6.45, 7) is 6.24. The minimum absolute atomic E-state index is 0.130. The Balaban J connectivity index is 2.82. The van der Waals surface area contributed by atoms with Gasteiger partial charge in [0.25, 0.3) is 0 Å². The highest BCUT2D eigenvalue weighted by Crippen LogP contribution is 2.30. The van der Waals surface area contributed by atoms with Gasteiger partial charge < -0.3 is 5.73 Å². The van der Waals surface area contributed by atoms with Crippen LogP contribution in [0, 0.1) is 18.8 Å². The Morgan fingerprint density at radius 2 is 2.07 bits per heavy atom. The van der Waals surface area contributed by atoms with Crippen LogP contribution in [0.1, 0.15) is 31.3 Å². The smallest absolute Gasteiger partial charge is 0.131 e. The molecule has 1 heterocycles. The average molecular weight is 210 g/mol. The Bertz CT molecular complexity index is 295. The second-order valence-corrected chi connectivity index (χ2v) is 4.28. The van der Waals surface area contributed by atoms with E-state index >= 15 is 0 Å². The number of hydrogen-bond acceptors (Lipinski definition) is 2. The maximum Gasteiger partial charge on any atom is 0.131 e. The summed E-state index contributed by atoms with van der Waals surface area (Å²) in [5.41, 5.74) is 7.11. The molecule has 84 valence electrons. The third-order valence-electron chi connectivity index (χ3n) is 2.76. The Morgan fingerprint density at radius 3 is 2.47 bits per heavy atom. The van der Waals surface area contributed by atoms with Crippen molar-refractivity contribution in [3.8, 4) is 0 Å². The van der Waals surface area contributed by atoms with Crippen LogP contribution in [0.15, 0.2) is 18.3 Å². The van der Waals surface area contributed by atoms with Gasteiger partial charge in [-0.3, -0.25) is 4.98 Å². The van der Waals surface area contributed by atoms with Crippen molar-refractivity contribution < 1.29 is 4.39 Å². The SMILES string of the molecule is Cc1ccc(C(F)C(CN)C(C)C)cn1. The summed E-state index contributed by atoms with van der Waals surface area (Å²) in [6.07, 6.45) is 0.591. The van der Waals surface area contributed by atoms with E-state index < -0.39 is 6.17 Å². The fraction of sp³-hybridized carbons (Fsp3) is 0.583. The predicted molar refractivity (Wildman–Crippen MR) is 60.2 cm³/mol. The van der Waals surface area contributed by atoms with Gasteiger partial charge in [-0.15, -0.1) is 0 Å². The van der Waals surface area contributed by atoms with Crippen molar-refractivity contribution in [1.82, 2.24) is 4.98 Å². The van der Waals surface area contributed by atoms with Crippen molar-refractivity contribution in [2.45, 2.75) is 26.9 Å². The van der Waals surface area contributed by atoms with Gasteiger partial charge in [0.2, 0.25) is 0 Å². The summed E-state index contributed by atoms with van der Waals surface area (Å²) in [4.78, 5) is 4.10. The van der Waals surface area contributed by atoms with Crippen molar-refractivity contribution in [2.75, 3.05) is 6.54 Å². The van der Waals surface area contributed by atoms with E-state index in [4.69, 9.17) is 5.73 Å². The molecule has 2 N–H and O–H groups in total. The highest BCUT2D eigenvalue weighted by molar-refractivity contribution is 5.16. The van der Waals surface area contributed by atoms with Gasteiger partial charge >= 0.3 is 0 Å². The number of pyridine rings is 1. The molecule has 0 radical (unpaired) electrons. The molecule has 1 rings (SSSR count). The summed E-state index contributed by atoms with van der Waals surface area (Å²) >= 11 is 0. The summed E-state index contributed by atoms with van der Waals surface area (Å²) in [7, 11) is 0. The van der Waals surface area contributed by atoms with Crippen LogP contribution in [0.25, 0.3) is 0 Å². The molecule has 15 heavy (non-hydrogen) atoms. The Labute approximate surface area is 90.7 Å². The van der Waals surface area contributed by atoms with Crippen molar-refractivity contribution >= 4 is 0 Å². The molecule has 1 aromatic rings. The maximum absolute atomic E-state index is 14.1. The van der Waals surface area contributed by atoms with E-state index in [0.29, 0.717) is 12.1 Å². The number of aryl methyl sites for hydroxylation is 1. The molecule has 0 amide bonds. The van der Waals surface area contributed by atoms with Gasteiger partial charge in [-0.1, -0.05) is 19.9 Å². The third-order valence-corrected chi connectivity index (χ3v) is 2.76. The van der Waals surface area contributed by atoms with Crippen LogP contribution in [0.3, 0.4) is 0 Å². The van der Waals surface area contributed by atoms with Gasteiger partial charge in [0.05, 0.1) is 0 Å². The monoisotopic (exact) mass is 210 g/mol. The third kappa shape index (κ3) is 2.99. The number of nitrogens with two attached hydrogens (primary N) is 1. The minimum atomic E-state index is -1.01. The first-order chi connectivity index (χ1) is 7.06. The molecule has 0 aliphatic rings. The second kappa shape index (κ2) is 5.21. The topological polar surface area (TPSA) is 38.9 Å². The fourth-order valence-corrected chi connectivity index (χ4v) is 1.62. The number of aromatic nitrogens is 1. The van der Waals surface area contributed by atoms with Crippen LogP contribution in [0.5, 0.6) is 0 Å². The minimum Gasteiger partial charge on any atom is -0.330 e. The molecule has 0 saturated heterocycles. The van der Waals surface area contributed by atoms with Gasteiger partial charge in [-0.2, -0.15) is 0 Å². The van der Waals surface area contributed by atoms with Gasteiger partial charge in [0.1, 0.15) is 6.17 Å². The van der Waals surface area contributed by atoms with E-state index in [2.05, 4.69) is 4.98 Å². The van der Waals surface area contributed by atoms with Gasteiger partial charge in [-0.05, 0) is 25.5 Å². The number of hydrogen-bond donors (Lipinski definition) is 1. The number of alkyl halides is 1. The summed E-state index contributed by atoms with van der Waals surface area (Å²) < 4.78 is 14.1. The standard InChI is InChI=1S/C12H19FN2/c1-8(2)11(6-14)12(13)10-5-4-9(3)15-7-10/h4-5,7-8,11-12H,6,14H2,1-3H3. The van der Waals surface area contributed by atoms with E-state index in [1.807, 2.05) is 26.8 Å². The molecule has 1 aromatic heterocycles. The van der Waals surface area contributed by atoms with Crippen LogP contribution in [0.4, 0.5) is 4.39 Å². The van der Waals surface area contributed by atoms with E-state index in [9.17, 15) is 4.39 Å². The van der Waals surface area contributed by atoms with Crippen molar-refractivity contribution in [3.63, 3.8) is 0 Å². The molecule has 0 bridgehead atoms. The average Bonchev–Trinajstić information content (AvgIpc) is 2.19. The lowest BCUT2D eigenvalue weighted by Crippen LogP contribution is -2.24. The van der Waals surface area contributed by atoms with Crippen molar-refractivity contribution in [3.05, 3.63) is 29.6 Å². The van der Waals surface area contributed by atoms with Gasteiger partial charge in [0.15, 0.2) is 0 Å². The molecular weight excluding hydrogens is 191 g/mol.